The van der Waals surface area contributed by atoms with Crippen LogP contribution in [0.5, 0.6) is 0 Å². The van der Waals surface area contributed by atoms with Crippen molar-refractivity contribution in [1.82, 2.24) is 10.3 Å². The van der Waals surface area contributed by atoms with Crippen LogP contribution in [0.4, 0.5) is 13.2 Å². The number of amides is 1. The highest BCUT2D eigenvalue weighted by Gasteiger charge is 2.30. The molecule has 8 heteroatoms. The molecule has 140 valence electrons. The van der Waals surface area contributed by atoms with Crippen LogP contribution in [0.25, 0.3) is 16.6 Å². The SMILES string of the molecule is N#C/C(=C/c1csc(-c2ccc(C(F)(F)F)cc2)n1)C(=O)NC1CCCC1. The number of nitrogens with zero attached hydrogens (tertiary/aromatic N) is 2. The summed E-state index contributed by atoms with van der Waals surface area (Å²) in [4.78, 5) is 16.5. The van der Waals surface area contributed by atoms with Crippen LogP contribution in [0.3, 0.4) is 0 Å². The second-order valence-corrected chi connectivity index (χ2v) is 7.14. The zero-order chi connectivity index (χ0) is 19.4. The molecule has 1 heterocycles. The van der Waals surface area contributed by atoms with Gasteiger partial charge >= 0.3 is 6.18 Å². The van der Waals surface area contributed by atoms with Gasteiger partial charge in [-0.15, -0.1) is 11.3 Å². The number of carbonyl (C=O) groups excluding carboxylic acids is 1. The summed E-state index contributed by atoms with van der Waals surface area (Å²) in [5, 5.41) is 14.3. The molecule has 0 unspecified atom stereocenters. The van der Waals surface area contributed by atoms with E-state index in [1.54, 1.807) is 5.38 Å². The van der Waals surface area contributed by atoms with Crippen LogP contribution >= 0.6 is 11.3 Å². The lowest BCUT2D eigenvalue weighted by atomic mass is 10.1. The number of nitriles is 1. The first kappa shape index (κ1) is 19.1. The third-order valence-electron chi connectivity index (χ3n) is 4.33. The molecule has 1 aromatic heterocycles. The molecule has 1 saturated carbocycles. The molecule has 1 N–H and O–H groups in total. The number of hydrogen-bond donors (Lipinski definition) is 1. The predicted molar refractivity (Wildman–Crippen MR) is 96.5 cm³/mol. The molecule has 1 aliphatic rings. The number of rotatable bonds is 4. The van der Waals surface area contributed by atoms with E-state index in [9.17, 15) is 23.2 Å². The molecule has 0 aliphatic heterocycles. The zero-order valence-electron chi connectivity index (χ0n) is 14.2. The van der Waals surface area contributed by atoms with Gasteiger partial charge in [0, 0.05) is 17.0 Å². The minimum atomic E-state index is -4.39. The topological polar surface area (TPSA) is 65.8 Å². The van der Waals surface area contributed by atoms with Crippen molar-refractivity contribution in [2.75, 3.05) is 0 Å². The van der Waals surface area contributed by atoms with Gasteiger partial charge < -0.3 is 5.32 Å². The van der Waals surface area contributed by atoms with E-state index >= 15 is 0 Å². The minimum absolute atomic E-state index is 0.0360. The fourth-order valence-electron chi connectivity index (χ4n) is 2.92. The highest BCUT2D eigenvalue weighted by Crippen LogP contribution is 2.32. The van der Waals surface area contributed by atoms with Crippen molar-refractivity contribution in [2.45, 2.75) is 37.9 Å². The average Bonchev–Trinajstić information content (AvgIpc) is 3.30. The Morgan fingerprint density at radius 3 is 2.52 bits per heavy atom. The molecular weight excluding hydrogens is 375 g/mol. The normalized spacial score (nSPS) is 15.6. The molecule has 2 aromatic rings. The maximum atomic E-state index is 12.6. The molecule has 1 amide bonds. The Hall–Kier alpha value is -2.66. The predicted octanol–water partition coefficient (Wildman–Crippen LogP) is 4.79. The Morgan fingerprint density at radius 2 is 1.93 bits per heavy atom. The lowest BCUT2D eigenvalue weighted by Gasteiger charge is -2.10. The summed E-state index contributed by atoms with van der Waals surface area (Å²) in [5.74, 6) is -0.423. The number of hydrogen-bond acceptors (Lipinski definition) is 4. The van der Waals surface area contributed by atoms with Crippen molar-refractivity contribution in [3.63, 3.8) is 0 Å². The van der Waals surface area contributed by atoms with Crippen LogP contribution < -0.4 is 5.32 Å². The number of aromatic nitrogens is 1. The summed E-state index contributed by atoms with van der Waals surface area (Å²) >= 11 is 1.24. The molecule has 1 fully saturated rings. The summed E-state index contributed by atoms with van der Waals surface area (Å²) in [7, 11) is 0. The molecule has 0 spiro atoms. The van der Waals surface area contributed by atoms with Crippen molar-refractivity contribution in [1.29, 1.82) is 5.26 Å². The molecule has 0 atom stereocenters. The van der Waals surface area contributed by atoms with E-state index in [1.165, 1.54) is 29.5 Å². The van der Waals surface area contributed by atoms with Gasteiger partial charge in [-0.2, -0.15) is 18.4 Å². The quantitative estimate of drug-likeness (QED) is 0.602. The van der Waals surface area contributed by atoms with Gasteiger partial charge in [-0.1, -0.05) is 25.0 Å². The van der Waals surface area contributed by atoms with Crippen molar-refractivity contribution in [2.24, 2.45) is 0 Å². The zero-order valence-corrected chi connectivity index (χ0v) is 15.0. The fourth-order valence-corrected chi connectivity index (χ4v) is 3.70. The van der Waals surface area contributed by atoms with Crippen molar-refractivity contribution in [3.8, 4) is 16.6 Å². The maximum Gasteiger partial charge on any atom is 0.416 e. The van der Waals surface area contributed by atoms with Gasteiger partial charge in [0.2, 0.25) is 0 Å². The number of benzene rings is 1. The molecule has 27 heavy (non-hydrogen) atoms. The first-order chi connectivity index (χ1) is 12.9. The van der Waals surface area contributed by atoms with Crippen molar-refractivity contribution >= 4 is 23.3 Å². The van der Waals surface area contributed by atoms with Crippen LogP contribution in [-0.2, 0) is 11.0 Å². The lowest BCUT2D eigenvalue weighted by Crippen LogP contribution is -2.33. The van der Waals surface area contributed by atoms with Gasteiger partial charge in [0.1, 0.15) is 16.6 Å². The summed E-state index contributed by atoms with van der Waals surface area (Å²) in [5.41, 5.74) is 0.207. The molecule has 1 aromatic carbocycles. The number of halogens is 3. The Labute approximate surface area is 158 Å². The van der Waals surface area contributed by atoms with Gasteiger partial charge in [-0.05, 0) is 31.1 Å². The summed E-state index contributed by atoms with van der Waals surface area (Å²) < 4.78 is 37.9. The van der Waals surface area contributed by atoms with Crippen LogP contribution in [0.15, 0.2) is 35.2 Å². The van der Waals surface area contributed by atoms with Crippen LogP contribution in [-0.4, -0.2) is 16.9 Å². The molecule has 0 saturated heterocycles. The van der Waals surface area contributed by atoms with Gasteiger partial charge in [0.25, 0.3) is 5.91 Å². The van der Waals surface area contributed by atoms with E-state index in [4.69, 9.17) is 0 Å². The fraction of sp³-hybridized carbons (Fsp3) is 0.316. The monoisotopic (exact) mass is 391 g/mol. The smallest absolute Gasteiger partial charge is 0.349 e. The number of alkyl halides is 3. The van der Waals surface area contributed by atoms with E-state index in [2.05, 4.69) is 10.3 Å². The first-order valence-corrected chi connectivity index (χ1v) is 9.30. The van der Waals surface area contributed by atoms with Gasteiger partial charge in [0.15, 0.2) is 0 Å². The second-order valence-electron chi connectivity index (χ2n) is 6.28. The van der Waals surface area contributed by atoms with Crippen LogP contribution in [0.1, 0.15) is 36.9 Å². The minimum Gasteiger partial charge on any atom is -0.349 e. The Bertz CT molecular complexity index is 888. The highest BCUT2D eigenvalue weighted by atomic mass is 32.1. The Morgan fingerprint density at radius 1 is 1.26 bits per heavy atom. The van der Waals surface area contributed by atoms with E-state index in [-0.39, 0.29) is 11.6 Å². The molecular formula is C19H16F3N3OS. The highest BCUT2D eigenvalue weighted by molar-refractivity contribution is 7.13. The molecule has 0 radical (unpaired) electrons. The third kappa shape index (κ3) is 4.74. The molecule has 1 aliphatic carbocycles. The summed E-state index contributed by atoms with van der Waals surface area (Å²) in [6.45, 7) is 0. The summed E-state index contributed by atoms with van der Waals surface area (Å²) in [6, 6.07) is 6.70. The van der Waals surface area contributed by atoms with Gasteiger partial charge in [0.05, 0.1) is 11.3 Å². The average molecular weight is 391 g/mol. The Kier molecular flexibility index (Phi) is 5.61. The number of nitrogens with one attached hydrogen (secondary N) is 1. The van der Waals surface area contributed by atoms with Crippen molar-refractivity contribution < 1.29 is 18.0 Å². The largest absolute Gasteiger partial charge is 0.416 e. The van der Waals surface area contributed by atoms with E-state index < -0.39 is 17.6 Å². The standard InChI is InChI=1S/C19H16F3N3OS/c20-19(21,22)14-7-5-12(6-8-14)18-25-16(11-27-18)9-13(10-23)17(26)24-15-3-1-2-4-15/h5-9,11,15H,1-4H2,(H,24,26)/b13-9-. The lowest BCUT2D eigenvalue weighted by molar-refractivity contribution is -0.137. The van der Waals surface area contributed by atoms with Crippen LogP contribution in [0, 0.1) is 11.3 Å². The second kappa shape index (κ2) is 7.92. The van der Waals surface area contributed by atoms with Crippen LogP contribution in [0.2, 0.25) is 0 Å². The molecule has 0 bridgehead atoms. The summed E-state index contributed by atoms with van der Waals surface area (Å²) in [6.07, 6.45) is 0.981. The number of thiazole rings is 1. The third-order valence-corrected chi connectivity index (χ3v) is 5.24. The van der Waals surface area contributed by atoms with E-state index in [1.807, 2.05) is 6.07 Å². The van der Waals surface area contributed by atoms with Gasteiger partial charge in [-0.3, -0.25) is 4.79 Å². The van der Waals surface area contributed by atoms with Crippen molar-refractivity contribution in [3.05, 3.63) is 46.5 Å². The maximum absolute atomic E-state index is 12.6. The van der Waals surface area contributed by atoms with E-state index in [0.717, 1.165) is 37.8 Å². The molecule has 3 rings (SSSR count). The first-order valence-electron chi connectivity index (χ1n) is 8.42. The van der Waals surface area contributed by atoms with E-state index in [0.29, 0.717) is 16.3 Å². The molecule has 4 nitrogen and oxygen atoms in total. The Balaban J connectivity index is 1.74. The number of carbonyl (C=O) groups is 1. The van der Waals surface area contributed by atoms with Gasteiger partial charge in [-0.25, -0.2) is 4.98 Å².